The highest BCUT2D eigenvalue weighted by Gasteiger charge is 2.11. The standard InChI is InChI=1S/C23H15Br2N3O4/c24-18-2-1-3-19(12-18)27-23(29)17(13-26)10-16-6-9-22(21(25)11-16)32-14-15-4-7-20(8-5-15)28(30)31/h1-12H,14H2,(H,27,29)/b17-10-. The number of nitrogens with zero attached hydrogens (tertiary/aromatic N) is 2. The van der Waals surface area contributed by atoms with Gasteiger partial charge in [0.05, 0.1) is 9.40 Å². The van der Waals surface area contributed by atoms with Gasteiger partial charge in [0.1, 0.15) is 24.0 Å². The number of halogens is 2. The predicted molar refractivity (Wildman–Crippen MR) is 128 cm³/mol. The van der Waals surface area contributed by atoms with Crippen LogP contribution in [0.1, 0.15) is 11.1 Å². The number of carbonyl (C=O) groups excluding carboxylic acids is 1. The molecule has 7 nitrogen and oxygen atoms in total. The molecule has 9 heteroatoms. The number of anilines is 1. The molecule has 3 rings (SSSR count). The third-order valence-corrected chi connectivity index (χ3v) is 5.37. The summed E-state index contributed by atoms with van der Waals surface area (Å²) in [4.78, 5) is 22.7. The Bertz CT molecular complexity index is 1230. The Morgan fingerprint density at radius 3 is 2.50 bits per heavy atom. The maximum absolute atomic E-state index is 12.4. The minimum atomic E-state index is -0.514. The number of nitrogens with one attached hydrogen (secondary N) is 1. The molecular formula is C23H15Br2N3O4. The number of nitro groups is 1. The number of rotatable bonds is 7. The number of ether oxygens (including phenoxy) is 1. The number of non-ortho nitro benzene ring substituents is 1. The van der Waals surface area contributed by atoms with Crippen LogP contribution in [-0.2, 0) is 11.4 Å². The lowest BCUT2D eigenvalue weighted by Crippen LogP contribution is -2.13. The molecule has 160 valence electrons. The van der Waals surface area contributed by atoms with E-state index in [-0.39, 0.29) is 17.9 Å². The van der Waals surface area contributed by atoms with Crippen LogP contribution in [0.2, 0.25) is 0 Å². The summed E-state index contributed by atoms with van der Waals surface area (Å²) in [7, 11) is 0. The lowest BCUT2D eigenvalue weighted by atomic mass is 10.1. The normalized spacial score (nSPS) is 10.8. The van der Waals surface area contributed by atoms with Gasteiger partial charge in [-0.15, -0.1) is 0 Å². The van der Waals surface area contributed by atoms with E-state index in [0.29, 0.717) is 21.5 Å². The quantitative estimate of drug-likeness (QED) is 0.160. The number of nitro benzene ring substituents is 1. The van der Waals surface area contributed by atoms with Crippen LogP contribution in [0.15, 0.2) is 81.2 Å². The molecule has 0 aliphatic rings. The van der Waals surface area contributed by atoms with Gasteiger partial charge in [-0.2, -0.15) is 5.26 Å². The van der Waals surface area contributed by atoms with Gasteiger partial charge in [-0.05, 0) is 75.6 Å². The Hall–Kier alpha value is -3.48. The van der Waals surface area contributed by atoms with E-state index >= 15 is 0 Å². The van der Waals surface area contributed by atoms with Gasteiger partial charge in [-0.3, -0.25) is 14.9 Å². The maximum Gasteiger partial charge on any atom is 0.269 e. The number of hydrogen-bond acceptors (Lipinski definition) is 5. The second-order valence-electron chi connectivity index (χ2n) is 6.54. The van der Waals surface area contributed by atoms with Crippen LogP contribution in [-0.4, -0.2) is 10.8 Å². The van der Waals surface area contributed by atoms with Crippen molar-refractivity contribution in [1.82, 2.24) is 0 Å². The largest absolute Gasteiger partial charge is 0.488 e. The molecule has 0 saturated heterocycles. The van der Waals surface area contributed by atoms with Crippen molar-refractivity contribution < 1.29 is 14.5 Å². The van der Waals surface area contributed by atoms with Gasteiger partial charge in [0.15, 0.2) is 0 Å². The van der Waals surface area contributed by atoms with Crippen molar-refractivity contribution in [3.63, 3.8) is 0 Å². The van der Waals surface area contributed by atoms with Crippen molar-refractivity contribution in [3.05, 3.63) is 102 Å². The number of carbonyl (C=O) groups is 1. The first kappa shape index (κ1) is 23.2. The topological polar surface area (TPSA) is 105 Å². The van der Waals surface area contributed by atoms with E-state index in [1.165, 1.54) is 18.2 Å². The third-order valence-electron chi connectivity index (χ3n) is 4.26. The fourth-order valence-corrected chi connectivity index (χ4v) is 3.59. The number of hydrogen-bond donors (Lipinski definition) is 1. The predicted octanol–water partition coefficient (Wildman–Crippen LogP) is 6.24. The van der Waals surface area contributed by atoms with Crippen molar-refractivity contribution in [3.8, 4) is 11.8 Å². The monoisotopic (exact) mass is 555 g/mol. The summed E-state index contributed by atoms with van der Waals surface area (Å²) in [6.07, 6.45) is 1.48. The summed E-state index contributed by atoms with van der Waals surface area (Å²) in [5, 5.41) is 22.8. The summed E-state index contributed by atoms with van der Waals surface area (Å²) < 4.78 is 7.21. The van der Waals surface area contributed by atoms with Gasteiger partial charge in [-0.1, -0.05) is 28.1 Å². The minimum Gasteiger partial charge on any atom is -0.488 e. The average molecular weight is 557 g/mol. The SMILES string of the molecule is N#C/C(=C/c1ccc(OCc2ccc([N+](=O)[O-])cc2)c(Br)c1)C(=O)Nc1cccc(Br)c1. The summed E-state index contributed by atoms with van der Waals surface area (Å²) in [6.45, 7) is 0.226. The van der Waals surface area contributed by atoms with Crippen molar-refractivity contribution in [2.45, 2.75) is 6.61 Å². The fraction of sp³-hybridized carbons (Fsp3) is 0.0435. The second kappa shape index (κ2) is 10.7. The smallest absolute Gasteiger partial charge is 0.269 e. The molecule has 32 heavy (non-hydrogen) atoms. The Morgan fingerprint density at radius 1 is 1.12 bits per heavy atom. The van der Waals surface area contributed by atoms with Crippen LogP contribution in [0.25, 0.3) is 6.08 Å². The molecule has 0 spiro atoms. The number of benzene rings is 3. The van der Waals surface area contributed by atoms with Gasteiger partial charge in [0, 0.05) is 22.3 Å². The number of nitriles is 1. The van der Waals surface area contributed by atoms with E-state index in [9.17, 15) is 20.2 Å². The van der Waals surface area contributed by atoms with E-state index in [2.05, 4.69) is 37.2 Å². The van der Waals surface area contributed by atoms with Crippen LogP contribution in [0.3, 0.4) is 0 Å². The molecule has 0 unspecified atom stereocenters. The highest BCUT2D eigenvalue weighted by Crippen LogP contribution is 2.28. The van der Waals surface area contributed by atoms with Gasteiger partial charge in [0.25, 0.3) is 11.6 Å². The molecule has 0 bridgehead atoms. The second-order valence-corrected chi connectivity index (χ2v) is 8.31. The van der Waals surface area contributed by atoms with E-state index in [4.69, 9.17) is 4.74 Å². The molecule has 0 atom stereocenters. The first-order valence-corrected chi connectivity index (χ1v) is 10.8. The van der Waals surface area contributed by atoms with Gasteiger partial charge in [0.2, 0.25) is 0 Å². The van der Waals surface area contributed by atoms with Crippen LogP contribution >= 0.6 is 31.9 Å². The molecule has 0 radical (unpaired) electrons. The Morgan fingerprint density at radius 2 is 1.88 bits per heavy atom. The van der Waals surface area contributed by atoms with Gasteiger partial charge < -0.3 is 10.1 Å². The van der Waals surface area contributed by atoms with E-state index in [0.717, 1.165) is 10.0 Å². The number of amides is 1. The van der Waals surface area contributed by atoms with Crippen molar-refractivity contribution >= 4 is 55.2 Å². The first-order chi connectivity index (χ1) is 15.4. The van der Waals surface area contributed by atoms with Crippen LogP contribution in [0.5, 0.6) is 5.75 Å². The lowest BCUT2D eigenvalue weighted by Gasteiger charge is -2.09. The van der Waals surface area contributed by atoms with Gasteiger partial charge in [-0.25, -0.2) is 0 Å². The Labute approximate surface area is 200 Å². The van der Waals surface area contributed by atoms with Crippen molar-refractivity contribution in [1.29, 1.82) is 5.26 Å². The average Bonchev–Trinajstić information content (AvgIpc) is 2.77. The van der Waals surface area contributed by atoms with Crippen LogP contribution < -0.4 is 10.1 Å². The third kappa shape index (κ3) is 6.26. The summed E-state index contributed by atoms with van der Waals surface area (Å²) in [5.41, 5.74) is 1.96. The first-order valence-electron chi connectivity index (χ1n) is 9.20. The molecule has 0 heterocycles. The van der Waals surface area contributed by atoms with E-state index in [1.807, 2.05) is 12.1 Å². The lowest BCUT2D eigenvalue weighted by molar-refractivity contribution is -0.384. The highest BCUT2D eigenvalue weighted by atomic mass is 79.9. The van der Waals surface area contributed by atoms with Crippen LogP contribution in [0, 0.1) is 21.4 Å². The summed E-state index contributed by atoms with van der Waals surface area (Å²) in [5.74, 6) is 0.0396. The zero-order chi connectivity index (χ0) is 23.1. The molecular weight excluding hydrogens is 542 g/mol. The van der Waals surface area contributed by atoms with E-state index < -0.39 is 10.8 Å². The summed E-state index contributed by atoms with van der Waals surface area (Å²) in [6, 6.07) is 20.3. The molecule has 3 aromatic rings. The Kier molecular flexibility index (Phi) is 7.76. The molecule has 0 aliphatic carbocycles. The molecule has 0 saturated carbocycles. The van der Waals surface area contributed by atoms with Gasteiger partial charge >= 0.3 is 0 Å². The molecule has 1 amide bonds. The zero-order valence-electron chi connectivity index (χ0n) is 16.4. The molecule has 0 aromatic heterocycles. The highest BCUT2D eigenvalue weighted by molar-refractivity contribution is 9.10. The van der Waals surface area contributed by atoms with E-state index in [1.54, 1.807) is 48.5 Å². The molecule has 0 aliphatic heterocycles. The van der Waals surface area contributed by atoms with Crippen molar-refractivity contribution in [2.75, 3.05) is 5.32 Å². The minimum absolute atomic E-state index is 0.0169. The molecule has 0 fully saturated rings. The fourth-order valence-electron chi connectivity index (χ4n) is 2.68. The van der Waals surface area contributed by atoms with Crippen LogP contribution in [0.4, 0.5) is 11.4 Å². The Balaban J connectivity index is 1.68. The molecule has 1 N–H and O–H groups in total. The molecule has 3 aromatic carbocycles. The zero-order valence-corrected chi connectivity index (χ0v) is 19.6. The maximum atomic E-state index is 12.4. The van der Waals surface area contributed by atoms with Crippen molar-refractivity contribution in [2.24, 2.45) is 0 Å². The summed E-state index contributed by atoms with van der Waals surface area (Å²) >= 11 is 6.77.